The molecule has 0 amide bonds. The Balaban J connectivity index is 1.88. The molecule has 0 radical (unpaired) electrons. The zero-order valence-electron chi connectivity index (χ0n) is 12.5. The van der Waals surface area contributed by atoms with Gasteiger partial charge in [-0.1, -0.05) is 0 Å². The Morgan fingerprint density at radius 2 is 1.80 bits per heavy atom. The van der Waals surface area contributed by atoms with E-state index in [-0.39, 0.29) is 28.8 Å². The Morgan fingerprint density at radius 3 is 2.48 bits per heavy atom. The Bertz CT molecular complexity index is 952. The lowest BCUT2D eigenvalue weighted by atomic mass is 10.2. The second-order valence-electron chi connectivity index (χ2n) is 4.81. The Kier molecular flexibility index (Phi) is 4.88. The van der Waals surface area contributed by atoms with E-state index in [2.05, 4.69) is 52.8 Å². The molecular weight excluding hydrogens is 439 g/mol. The van der Waals surface area contributed by atoms with Crippen molar-refractivity contribution in [3.63, 3.8) is 0 Å². The SMILES string of the molecule is Nc1nonc1N=Nc1cc(C=Nc2ccc(I)cc2)c(O)cc1O. The van der Waals surface area contributed by atoms with Crippen molar-refractivity contribution in [3.8, 4) is 11.5 Å². The first kappa shape index (κ1) is 16.8. The first-order chi connectivity index (χ1) is 12.0. The van der Waals surface area contributed by atoms with Crippen molar-refractivity contribution in [2.24, 2.45) is 15.2 Å². The average molecular weight is 450 g/mol. The number of anilines is 1. The third-order valence-electron chi connectivity index (χ3n) is 3.05. The maximum absolute atomic E-state index is 9.95. The molecule has 0 unspecified atom stereocenters. The van der Waals surface area contributed by atoms with Gasteiger partial charge in [-0.15, -0.1) is 10.2 Å². The van der Waals surface area contributed by atoms with Crippen LogP contribution in [-0.4, -0.2) is 26.7 Å². The number of nitrogen functional groups attached to an aromatic ring is 1. The highest BCUT2D eigenvalue weighted by atomic mass is 127. The van der Waals surface area contributed by atoms with Gasteiger partial charge in [0.2, 0.25) is 5.82 Å². The number of hydrogen-bond donors (Lipinski definition) is 3. The number of aromatic nitrogens is 2. The van der Waals surface area contributed by atoms with Gasteiger partial charge in [-0.2, -0.15) is 0 Å². The van der Waals surface area contributed by atoms with Crippen LogP contribution in [0, 0.1) is 3.57 Å². The third-order valence-corrected chi connectivity index (χ3v) is 3.77. The molecule has 10 heteroatoms. The maximum atomic E-state index is 9.95. The minimum absolute atomic E-state index is 0.0124. The molecule has 0 aliphatic rings. The summed E-state index contributed by atoms with van der Waals surface area (Å²) in [5.41, 5.74) is 6.65. The Labute approximate surface area is 155 Å². The van der Waals surface area contributed by atoms with Crippen LogP contribution in [0.3, 0.4) is 0 Å². The van der Waals surface area contributed by atoms with Gasteiger partial charge in [0.25, 0.3) is 5.82 Å². The summed E-state index contributed by atoms with van der Waals surface area (Å²) >= 11 is 2.20. The van der Waals surface area contributed by atoms with E-state index < -0.39 is 0 Å². The van der Waals surface area contributed by atoms with Gasteiger partial charge in [0.15, 0.2) is 0 Å². The molecule has 25 heavy (non-hydrogen) atoms. The highest BCUT2D eigenvalue weighted by Crippen LogP contribution is 2.34. The maximum Gasteiger partial charge on any atom is 0.261 e. The van der Waals surface area contributed by atoms with E-state index in [0.717, 1.165) is 15.3 Å². The average Bonchev–Trinajstić information content (AvgIpc) is 3.00. The van der Waals surface area contributed by atoms with E-state index in [1.807, 2.05) is 24.3 Å². The zero-order valence-corrected chi connectivity index (χ0v) is 14.7. The van der Waals surface area contributed by atoms with Crippen LogP contribution in [0.25, 0.3) is 0 Å². The van der Waals surface area contributed by atoms with Crippen molar-refractivity contribution in [1.29, 1.82) is 0 Å². The molecule has 0 saturated heterocycles. The molecule has 0 atom stereocenters. The first-order valence-corrected chi connectivity index (χ1v) is 7.96. The molecule has 1 aromatic heterocycles. The van der Waals surface area contributed by atoms with Crippen LogP contribution >= 0.6 is 22.6 Å². The number of rotatable bonds is 4. The van der Waals surface area contributed by atoms with Crippen LogP contribution in [0.4, 0.5) is 23.0 Å². The van der Waals surface area contributed by atoms with Crippen molar-refractivity contribution < 1.29 is 14.8 Å². The number of azo groups is 1. The normalized spacial score (nSPS) is 11.6. The molecule has 0 fully saturated rings. The molecule has 0 saturated carbocycles. The van der Waals surface area contributed by atoms with Gasteiger partial charge < -0.3 is 15.9 Å². The van der Waals surface area contributed by atoms with Crippen molar-refractivity contribution in [2.75, 3.05) is 5.73 Å². The Morgan fingerprint density at radius 1 is 1.04 bits per heavy atom. The zero-order chi connectivity index (χ0) is 17.8. The number of halogens is 1. The molecule has 3 rings (SSSR count). The monoisotopic (exact) mass is 450 g/mol. The van der Waals surface area contributed by atoms with Crippen molar-refractivity contribution in [3.05, 3.63) is 45.5 Å². The topological polar surface area (TPSA) is 142 Å². The van der Waals surface area contributed by atoms with E-state index in [1.54, 1.807) is 0 Å². The van der Waals surface area contributed by atoms with Gasteiger partial charge in [0.1, 0.15) is 17.2 Å². The number of nitrogens with zero attached hydrogens (tertiary/aromatic N) is 5. The van der Waals surface area contributed by atoms with Gasteiger partial charge >= 0.3 is 0 Å². The van der Waals surface area contributed by atoms with E-state index >= 15 is 0 Å². The molecule has 0 spiro atoms. The smallest absolute Gasteiger partial charge is 0.261 e. The number of nitrogens with two attached hydrogens (primary N) is 1. The van der Waals surface area contributed by atoms with Crippen LogP contribution in [0.1, 0.15) is 5.56 Å². The number of aliphatic imine (C=N–C) groups is 1. The van der Waals surface area contributed by atoms with E-state index in [4.69, 9.17) is 5.73 Å². The standard InChI is InChI=1S/C15H11IN6O3/c16-9-1-3-10(4-2-9)18-7-8-5-11(13(24)6-12(8)23)19-20-15-14(17)21-25-22-15/h1-7,23-24H,(H2,17,21). The number of benzene rings is 2. The summed E-state index contributed by atoms with van der Waals surface area (Å²) in [6, 6.07) is 10.1. The van der Waals surface area contributed by atoms with Gasteiger partial charge in [0.05, 0.1) is 5.69 Å². The fourth-order valence-corrected chi connectivity index (χ4v) is 2.16. The molecular formula is C15H11IN6O3. The van der Waals surface area contributed by atoms with Crippen LogP contribution in [-0.2, 0) is 0 Å². The lowest BCUT2D eigenvalue weighted by molar-refractivity contribution is 0.310. The summed E-state index contributed by atoms with van der Waals surface area (Å²) in [6.45, 7) is 0. The summed E-state index contributed by atoms with van der Waals surface area (Å²) < 4.78 is 5.49. The van der Waals surface area contributed by atoms with Crippen LogP contribution in [0.5, 0.6) is 11.5 Å². The number of phenolic OH excluding ortho intramolecular Hbond substituents is 2. The van der Waals surface area contributed by atoms with Crippen LogP contribution in [0.15, 0.2) is 56.2 Å². The lowest BCUT2D eigenvalue weighted by Gasteiger charge is -2.03. The fourth-order valence-electron chi connectivity index (χ4n) is 1.80. The molecule has 0 bridgehead atoms. The van der Waals surface area contributed by atoms with Gasteiger partial charge in [-0.25, -0.2) is 4.63 Å². The Hall–Kier alpha value is -3.02. The number of hydrogen-bond acceptors (Lipinski definition) is 9. The predicted molar refractivity (Wildman–Crippen MR) is 99.1 cm³/mol. The highest BCUT2D eigenvalue weighted by molar-refractivity contribution is 14.1. The summed E-state index contributed by atoms with van der Waals surface area (Å²) in [7, 11) is 0. The molecule has 0 aliphatic carbocycles. The number of aromatic hydroxyl groups is 2. The molecule has 2 aromatic carbocycles. The van der Waals surface area contributed by atoms with Crippen molar-refractivity contribution in [1.82, 2.24) is 10.3 Å². The largest absolute Gasteiger partial charge is 0.507 e. The third kappa shape index (κ3) is 4.09. The molecule has 4 N–H and O–H groups in total. The predicted octanol–water partition coefficient (Wildman–Crippen LogP) is 3.83. The lowest BCUT2D eigenvalue weighted by Crippen LogP contribution is -1.84. The molecule has 126 valence electrons. The number of phenols is 2. The van der Waals surface area contributed by atoms with E-state index in [9.17, 15) is 10.2 Å². The molecule has 0 aliphatic heterocycles. The second-order valence-corrected chi connectivity index (χ2v) is 6.05. The molecule has 1 heterocycles. The van der Waals surface area contributed by atoms with Crippen molar-refractivity contribution >= 4 is 51.8 Å². The highest BCUT2D eigenvalue weighted by Gasteiger charge is 2.09. The minimum atomic E-state index is -0.261. The van der Waals surface area contributed by atoms with Crippen molar-refractivity contribution in [2.45, 2.75) is 0 Å². The quantitative estimate of drug-likeness (QED) is 0.313. The summed E-state index contributed by atoms with van der Waals surface area (Å²) in [6.07, 6.45) is 1.46. The minimum Gasteiger partial charge on any atom is -0.507 e. The fraction of sp³-hybridized carbons (Fsp3) is 0. The van der Waals surface area contributed by atoms with Crippen LogP contribution < -0.4 is 5.73 Å². The summed E-state index contributed by atoms with van der Waals surface area (Å²) in [5.74, 6) is -0.444. The first-order valence-electron chi connectivity index (χ1n) is 6.88. The summed E-state index contributed by atoms with van der Waals surface area (Å²) in [4.78, 5) is 4.27. The van der Waals surface area contributed by atoms with Gasteiger partial charge in [-0.05, 0) is 63.2 Å². The van der Waals surface area contributed by atoms with E-state index in [1.165, 1.54) is 12.3 Å². The second kappa shape index (κ2) is 7.25. The van der Waals surface area contributed by atoms with Crippen LogP contribution in [0.2, 0.25) is 0 Å². The molecule has 9 nitrogen and oxygen atoms in total. The van der Waals surface area contributed by atoms with Gasteiger partial charge in [-0.3, -0.25) is 4.99 Å². The summed E-state index contributed by atoms with van der Waals surface area (Å²) in [5, 5.41) is 34.2. The van der Waals surface area contributed by atoms with E-state index in [0.29, 0.717) is 5.56 Å². The van der Waals surface area contributed by atoms with Gasteiger partial charge in [0, 0.05) is 21.4 Å². The molecule has 3 aromatic rings.